The van der Waals surface area contributed by atoms with Crippen LogP contribution in [0.3, 0.4) is 0 Å². The molecule has 3 rings (SSSR count). The molecule has 2 aliphatic rings. The molecule has 0 radical (unpaired) electrons. The zero-order valence-corrected chi connectivity index (χ0v) is 23.7. The maximum atomic E-state index is 14.8. The molecular formula is C33H42O4. The van der Waals surface area contributed by atoms with Crippen LogP contribution in [0, 0.1) is 22.2 Å². The van der Waals surface area contributed by atoms with Gasteiger partial charge >= 0.3 is 0 Å². The molecule has 0 saturated heterocycles. The van der Waals surface area contributed by atoms with Crippen LogP contribution in [0.4, 0.5) is 0 Å². The van der Waals surface area contributed by atoms with Gasteiger partial charge in [-0.1, -0.05) is 79.1 Å². The lowest BCUT2D eigenvalue weighted by atomic mass is 9.39. The summed E-state index contributed by atoms with van der Waals surface area (Å²) in [4.78, 5) is 43.9. The molecule has 3 atom stereocenters. The topological polar surface area (TPSA) is 71.4 Å². The van der Waals surface area contributed by atoms with Crippen LogP contribution < -0.4 is 0 Å². The van der Waals surface area contributed by atoms with E-state index in [1.807, 2.05) is 73.6 Å². The number of benzene rings is 1. The average molecular weight is 503 g/mol. The fourth-order valence-corrected chi connectivity index (χ4v) is 6.16. The molecule has 2 bridgehead atoms. The molecule has 2 aliphatic carbocycles. The minimum absolute atomic E-state index is 0.147. The van der Waals surface area contributed by atoms with E-state index in [2.05, 4.69) is 6.08 Å². The normalized spacial score (nSPS) is 26.4. The highest BCUT2D eigenvalue weighted by atomic mass is 16.3. The van der Waals surface area contributed by atoms with Gasteiger partial charge in [0.25, 0.3) is 0 Å². The first-order chi connectivity index (χ1) is 17.2. The van der Waals surface area contributed by atoms with Gasteiger partial charge in [-0.15, -0.1) is 0 Å². The van der Waals surface area contributed by atoms with Gasteiger partial charge in [-0.25, -0.2) is 0 Å². The van der Waals surface area contributed by atoms with Gasteiger partial charge in [0.2, 0.25) is 0 Å². The van der Waals surface area contributed by atoms with Crippen LogP contribution in [0.1, 0.15) is 91.4 Å². The molecule has 4 nitrogen and oxygen atoms in total. The second kappa shape index (κ2) is 10.4. The van der Waals surface area contributed by atoms with Crippen molar-refractivity contribution in [3.8, 4) is 0 Å². The van der Waals surface area contributed by atoms with Gasteiger partial charge in [-0.05, 0) is 78.6 Å². The van der Waals surface area contributed by atoms with Crippen molar-refractivity contribution in [2.24, 2.45) is 22.2 Å². The maximum Gasteiger partial charge on any atom is 0.184 e. The monoisotopic (exact) mass is 502 g/mol. The molecule has 1 fully saturated rings. The van der Waals surface area contributed by atoms with Crippen molar-refractivity contribution >= 4 is 17.3 Å². The molecule has 1 aromatic rings. The van der Waals surface area contributed by atoms with Crippen molar-refractivity contribution in [3.05, 3.63) is 82.2 Å². The van der Waals surface area contributed by atoms with Crippen LogP contribution in [0.15, 0.2) is 76.6 Å². The van der Waals surface area contributed by atoms with E-state index in [-0.39, 0.29) is 30.1 Å². The molecule has 1 unspecified atom stereocenters. The number of aliphatic hydroxyl groups excluding tert-OH is 1. The molecule has 1 N–H and O–H groups in total. The Labute approximate surface area is 222 Å². The minimum atomic E-state index is -1.92. The highest BCUT2D eigenvalue weighted by Crippen LogP contribution is 2.66. The smallest absolute Gasteiger partial charge is 0.184 e. The SMILES string of the molecule is CC(C)=CCC1=C(O)[C@@]2(CC=C(C)C)C[C@H](CC=C(C)C)C(C)(C)C(C(=O)c3ccccc3)(C1=O)C2=O. The van der Waals surface area contributed by atoms with E-state index in [0.717, 1.165) is 16.7 Å². The highest BCUT2D eigenvalue weighted by molar-refractivity contribution is 6.36. The van der Waals surface area contributed by atoms with Crippen molar-refractivity contribution in [3.63, 3.8) is 0 Å². The van der Waals surface area contributed by atoms with Crippen LogP contribution in [0.25, 0.3) is 0 Å². The zero-order valence-electron chi connectivity index (χ0n) is 23.7. The molecule has 0 heterocycles. The first-order valence-corrected chi connectivity index (χ1v) is 13.3. The zero-order chi connectivity index (χ0) is 27.8. The van der Waals surface area contributed by atoms with Gasteiger partial charge in [0, 0.05) is 11.1 Å². The van der Waals surface area contributed by atoms with Crippen LogP contribution in [-0.4, -0.2) is 22.5 Å². The largest absolute Gasteiger partial charge is 0.511 e. The Kier molecular flexibility index (Phi) is 8.02. The van der Waals surface area contributed by atoms with E-state index in [9.17, 15) is 19.5 Å². The number of ketones is 3. The van der Waals surface area contributed by atoms with Crippen molar-refractivity contribution in [2.75, 3.05) is 0 Å². The van der Waals surface area contributed by atoms with E-state index >= 15 is 0 Å². The fraction of sp³-hybridized carbons (Fsp3) is 0.485. The number of aliphatic hydroxyl groups is 1. The van der Waals surface area contributed by atoms with Gasteiger partial charge in [-0.3, -0.25) is 14.4 Å². The number of hydrogen-bond acceptors (Lipinski definition) is 4. The third-order valence-corrected chi connectivity index (χ3v) is 8.47. The number of carbonyl (C=O) groups is 3. The second-order valence-electron chi connectivity index (χ2n) is 12.1. The van der Waals surface area contributed by atoms with Crippen LogP contribution in [0.2, 0.25) is 0 Å². The number of fused-ring (bicyclic) bond motifs is 2. The molecular weight excluding hydrogens is 460 g/mol. The summed E-state index contributed by atoms with van der Waals surface area (Å²) in [6.45, 7) is 15.6. The van der Waals surface area contributed by atoms with E-state index in [1.165, 1.54) is 0 Å². The van der Waals surface area contributed by atoms with Gasteiger partial charge < -0.3 is 5.11 Å². The molecule has 1 aromatic carbocycles. The van der Waals surface area contributed by atoms with Gasteiger partial charge in [0.05, 0.1) is 5.41 Å². The standard InChI is InChI=1S/C33H42O4/c1-21(2)14-16-25-20-32(19-18-23(5)6)28(35)26(17-15-22(3)4)29(36)33(30(32)37,31(25,7)8)27(34)24-12-10-9-11-13-24/h9-15,18,25,35H,16-17,19-20H2,1-8H3/t25-,32+,33?/m0/s1. The summed E-state index contributed by atoms with van der Waals surface area (Å²) in [5.74, 6) is -1.77. The summed E-state index contributed by atoms with van der Waals surface area (Å²) in [7, 11) is 0. The lowest BCUT2D eigenvalue weighted by Gasteiger charge is -2.59. The lowest BCUT2D eigenvalue weighted by molar-refractivity contribution is -0.164. The Morgan fingerprint density at radius 3 is 2.03 bits per heavy atom. The summed E-state index contributed by atoms with van der Waals surface area (Å²) in [5, 5.41) is 11.8. The predicted molar refractivity (Wildman–Crippen MR) is 149 cm³/mol. The maximum absolute atomic E-state index is 14.8. The molecule has 0 aliphatic heterocycles. The van der Waals surface area contributed by atoms with E-state index in [4.69, 9.17) is 0 Å². The number of Topliss-reactive ketones (excluding diaryl/α,β-unsaturated/α-hetero) is 3. The molecule has 198 valence electrons. The highest BCUT2D eigenvalue weighted by Gasteiger charge is 2.74. The lowest BCUT2D eigenvalue weighted by Crippen LogP contribution is -2.69. The predicted octanol–water partition coefficient (Wildman–Crippen LogP) is 7.92. The van der Waals surface area contributed by atoms with Gasteiger partial charge in [0.15, 0.2) is 22.8 Å². The Balaban J connectivity index is 2.45. The number of hydrogen-bond donors (Lipinski definition) is 1. The Morgan fingerprint density at radius 1 is 0.919 bits per heavy atom. The molecule has 4 heteroatoms. The number of allylic oxidation sites excluding steroid dienone is 8. The summed E-state index contributed by atoms with van der Waals surface area (Å²) >= 11 is 0. The summed E-state index contributed by atoms with van der Waals surface area (Å²) in [6.07, 6.45) is 7.41. The molecule has 0 spiro atoms. The van der Waals surface area contributed by atoms with Crippen molar-refractivity contribution in [2.45, 2.75) is 81.1 Å². The quantitative estimate of drug-likeness (QED) is 0.223. The van der Waals surface area contributed by atoms with Crippen molar-refractivity contribution in [1.82, 2.24) is 0 Å². The third-order valence-electron chi connectivity index (χ3n) is 8.47. The van der Waals surface area contributed by atoms with Gasteiger partial charge in [0.1, 0.15) is 5.76 Å². The molecule has 0 aromatic heterocycles. The minimum Gasteiger partial charge on any atom is -0.511 e. The number of rotatable bonds is 8. The Bertz CT molecular complexity index is 1210. The number of carbonyl (C=O) groups excluding carboxylic acids is 3. The van der Waals surface area contributed by atoms with Crippen LogP contribution in [0.5, 0.6) is 0 Å². The first-order valence-electron chi connectivity index (χ1n) is 13.3. The summed E-state index contributed by atoms with van der Waals surface area (Å²) in [6, 6.07) is 8.68. The Morgan fingerprint density at radius 2 is 1.49 bits per heavy atom. The van der Waals surface area contributed by atoms with Crippen LogP contribution >= 0.6 is 0 Å². The van der Waals surface area contributed by atoms with E-state index < -0.39 is 33.6 Å². The molecule has 0 amide bonds. The summed E-state index contributed by atoms with van der Waals surface area (Å²) in [5.41, 5.74) is -0.517. The molecule has 1 saturated carbocycles. The van der Waals surface area contributed by atoms with Crippen molar-refractivity contribution in [1.29, 1.82) is 0 Å². The third kappa shape index (κ3) is 4.60. The van der Waals surface area contributed by atoms with E-state index in [1.54, 1.807) is 24.3 Å². The Hall–Kier alpha value is -3.01. The fourth-order valence-electron chi connectivity index (χ4n) is 6.16. The molecule has 37 heavy (non-hydrogen) atoms. The van der Waals surface area contributed by atoms with E-state index in [0.29, 0.717) is 18.4 Å². The second-order valence-corrected chi connectivity index (χ2v) is 12.1. The van der Waals surface area contributed by atoms with Crippen LogP contribution in [-0.2, 0) is 9.59 Å². The van der Waals surface area contributed by atoms with Crippen molar-refractivity contribution < 1.29 is 19.5 Å². The summed E-state index contributed by atoms with van der Waals surface area (Å²) < 4.78 is 0. The first kappa shape index (κ1) is 28.6. The van der Waals surface area contributed by atoms with Gasteiger partial charge in [-0.2, -0.15) is 0 Å². The average Bonchev–Trinajstić information content (AvgIpc) is 2.82.